The van der Waals surface area contributed by atoms with Crippen LogP contribution in [0.3, 0.4) is 0 Å². The zero-order valence-electron chi connectivity index (χ0n) is 25.1. The summed E-state index contributed by atoms with van der Waals surface area (Å²) in [5.74, 6) is 0.745. The Morgan fingerprint density at radius 3 is 2.58 bits per heavy atom. The van der Waals surface area contributed by atoms with Gasteiger partial charge in [0, 0.05) is 74.0 Å². The molecule has 2 aromatic rings. The maximum Gasteiger partial charge on any atom is 0.278 e. The van der Waals surface area contributed by atoms with Gasteiger partial charge in [0.1, 0.15) is 18.3 Å². The van der Waals surface area contributed by atoms with E-state index in [1.54, 1.807) is 0 Å². The van der Waals surface area contributed by atoms with Gasteiger partial charge in [-0.05, 0) is 82.8 Å². The van der Waals surface area contributed by atoms with E-state index in [-0.39, 0.29) is 29.7 Å². The molecule has 4 heterocycles. The number of likely N-dealkylation sites (tertiary alicyclic amines) is 1. The average Bonchev–Trinajstić information content (AvgIpc) is 3.39. The number of nitrogens with zero attached hydrogens (tertiary/aromatic N) is 5. The molecule has 0 bridgehead atoms. The maximum absolute atomic E-state index is 13.5. The molecule has 1 N–H and O–H groups in total. The van der Waals surface area contributed by atoms with Crippen molar-refractivity contribution < 1.29 is 18.7 Å². The Labute approximate surface area is 253 Å². The second-order valence-corrected chi connectivity index (χ2v) is 12.4. The van der Waals surface area contributed by atoms with Gasteiger partial charge in [-0.15, -0.1) is 0 Å². The van der Waals surface area contributed by atoms with Gasteiger partial charge in [0.05, 0.1) is 5.69 Å². The van der Waals surface area contributed by atoms with Crippen LogP contribution in [0.2, 0.25) is 0 Å². The van der Waals surface area contributed by atoms with Crippen LogP contribution in [0.15, 0.2) is 41.5 Å². The Balaban J connectivity index is 1.19. The monoisotopic (exact) mass is 590 g/mol. The molecule has 0 unspecified atom stereocenters. The van der Waals surface area contributed by atoms with Crippen LogP contribution in [0.5, 0.6) is 5.88 Å². The van der Waals surface area contributed by atoms with Crippen LogP contribution in [-0.4, -0.2) is 90.4 Å². The summed E-state index contributed by atoms with van der Waals surface area (Å²) in [4.78, 5) is 42.4. The number of amides is 2. The number of pyridine rings is 1. The van der Waals surface area contributed by atoms with Crippen LogP contribution >= 0.6 is 0 Å². The lowest BCUT2D eigenvalue weighted by Gasteiger charge is -2.40. The quantitative estimate of drug-likeness (QED) is 0.520. The third kappa shape index (κ3) is 6.91. The maximum atomic E-state index is 13.5. The predicted octanol–water partition coefficient (Wildman–Crippen LogP) is 4.07. The number of piperidine rings is 1. The average molecular weight is 591 g/mol. The molecule has 4 aliphatic rings. The first-order valence-electron chi connectivity index (χ1n) is 16.0. The molecule has 1 atom stereocenters. The van der Waals surface area contributed by atoms with Crippen LogP contribution in [0.1, 0.15) is 67.8 Å². The Kier molecular flexibility index (Phi) is 9.33. The molecule has 1 aromatic carbocycles. The van der Waals surface area contributed by atoms with Gasteiger partial charge < -0.3 is 19.9 Å². The van der Waals surface area contributed by atoms with Crippen molar-refractivity contribution in [1.82, 2.24) is 20.1 Å². The summed E-state index contributed by atoms with van der Waals surface area (Å²) in [5.41, 5.74) is 2.32. The number of carbonyl (C=O) groups is 2. The molecule has 6 rings (SSSR count). The van der Waals surface area contributed by atoms with E-state index in [4.69, 9.17) is 4.74 Å². The van der Waals surface area contributed by atoms with Crippen molar-refractivity contribution in [3.05, 3.63) is 53.5 Å². The van der Waals surface area contributed by atoms with Gasteiger partial charge in [-0.3, -0.25) is 14.5 Å². The molecular weight excluding hydrogens is 547 g/mol. The number of amidine groups is 1. The van der Waals surface area contributed by atoms with Crippen molar-refractivity contribution in [2.75, 3.05) is 50.8 Å². The first-order chi connectivity index (χ1) is 21.0. The Bertz CT molecular complexity index is 1320. The van der Waals surface area contributed by atoms with Gasteiger partial charge >= 0.3 is 0 Å². The molecule has 3 aliphatic heterocycles. The van der Waals surface area contributed by atoms with Crippen LogP contribution in [0.25, 0.3) is 0 Å². The molecule has 3 fully saturated rings. The summed E-state index contributed by atoms with van der Waals surface area (Å²) < 4.78 is 19.6. The van der Waals surface area contributed by atoms with Crippen molar-refractivity contribution in [3.8, 4) is 5.88 Å². The summed E-state index contributed by atoms with van der Waals surface area (Å²) in [6.45, 7) is 8.25. The highest BCUT2D eigenvalue weighted by Crippen LogP contribution is 2.39. The fourth-order valence-corrected chi connectivity index (χ4v) is 7.01. The number of benzene rings is 1. The highest BCUT2D eigenvalue weighted by Gasteiger charge is 2.38. The number of piperazine rings is 1. The second-order valence-electron chi connectivity index (χ2n) is 12.4. The third-order valence-electron chi connectivity index (χ3n) is 9.45. The van der Waals surface area contributed by atoms with Gasteiger partial charge in [0.25, 0.3) is 5.91 Å². The fourth-order valence-electron chi connectivity index (χ4n) is 7.01. The van der Waals surface area contributed by atoms with E-state index < -0.39 is 5.91 Å². The lowest BCUT2D eigenvalue weighted by molar-refractivity contribution is -0.139. The smallest absolute Gasteiger partial charge is 0.278 e. The number of rotatable bonds is 7. The largest absolute Gasteiger partial charge is 0.476 e. The molecule has 1 saturated carbocycles. The number of hydrogen-bond acceptors (Lipinski definition) is 6. The Morgan fingerprint density at radius 2 is 1.84 bits per heavy atom. The first-order valence-corrected chi connectivity index (χ1v) is 16.0. The van der Waals surface area contributed by atoms with Gasteiger partial charge in [-0.1, -0.05) is 6.42 Å². The summed E-state index contributed by atoms with van der Waals surface area (Å²) in [5, 5.41) is 3.37. The van der Waals surface area contributed by atoms with Crippen LogP contribution in [0.4, 0.5) is 10.1 Å². The van der Waals surface area contributed by atoms with Gasteiger partial charge in [-0.2, -0.15) is 4.99 Å². The van der Waals surface area contributed by atoms with Crippen molar-refractivity contribution in [3.63, 3.8) is 0 Å². The minimum Gasteiger partial charge on any atom is -0.476 e. The van der Waals surface area contributed by atoms with E-state index >= 15 is 0 Å². The van der Waals surface area contributed by atoms with E-state index in [1.807, 2.05) is 17.2 Å². The van der Waals surface area contributed by atoms with E-state index in [2.05, 4.69) is 32.0 Å². The topological polar surface area (TPSA) is 90.4 Å². The SMILES string of the molecule is C[C@@H]1CNCCN1C(=O)C1CCC(N2C(=NC(=O)c3ccc(F)cc3)Cc3cnc(OCCN4CCCCC4)cc32)CC1. The van der Waals surface area contributed by atoms with Gasteiger partial charge in [-0.25, -0.2) is 9.37 Å². The van der Waals surface area contributed by atoms with Gasteiger partial charge in [0.15, 0.2) is 0 Å². The number of aliphatic imine (C=N–C) groups is 1. The van der Waals surface area contributed by atoms with E-state index in [0.29, 0.717) is 30.3 Å². The number of nitrogens with one attached hydrogen (secondary N) is 1. The Morgan fingerprint density at radius 1 is 1.07 bits per heavy atom. The standard InChI is InChI=1S/C33H43FN6O3/c1-23-21-35-13-16-39(23)33(42)25-7-11-28(12-8-25)40-29-20-31(43-18-17-38-14-3-2-4-15-38)36-22-26(29)19-30(40)37-32(41)24-5-9-27(34)10-6-24/h5-6,9-10,20,22-23,25,28,35H,2-4,7-8,11-19,21H2,1H3/t23-,25?,28?/m1/s1. The number of halogens is 1. The normalized spacial score (nSPS) is 25.5. The molecule has 10 heteroatoms. The molecule has 2 amide bonds. The molecule has 1 aromatic heterocycles. The number of carbonyl (C=O) groups excluding carboxylic acids is 2. The third-order valence-corrected chi connectivity index (χ3v) is 9.45. The minimum atomic E-state index is -0.393. The van der Waals surface area contributed by atoms with Gasteiger partial charge in [0.2, 0.25) is 11.8 Å². The summed E-state index contributed by atoms with van der Waals surface area (Å²) >= 11 is 0. The fraction of sp³-hybridized carbons (Fsp3) is 0.576. The number of aromatic nitrogens is 1. The van der Waals surface area contributed by atoms with Crippen LogP contribution in [-0.2, 0) is 11.2 Å². The van der Waals surface area contributed by atoms with Crippen molar-refractivity contribution in [2.45, 2.75) is 70.4 Å². The van der Waals surface area contributed by atoms with E-state index in [0.717, 1.165) is 76.2 Å². The number of anilines is 1. The molecule has 0 spiro atoms. The lowest BCUT2D eigenvalue weighted by Crippen LogP contribution is -2.54. The zero-order valence-corrected chi connectivity index (χ0v) is 25.1. The number of ether oxygens (including phenoxy) is 1. The summed E-state index contributed by atoms with van der Waals surface area (Å²) in [6.07, 6.45) is 9.37. The molecular formula is C33H43FN6O3. The lowest BCUT2D eigenvalue weighted by atomic mass is 9.84. The highest BCUT2D eigenvalue weighted by molar-refractivity contribution is 6.12. The molecule has 1 aliphatic carbocycles. The highest BCUT2D eigenvalue weighted by atomic mass is 19.1. The minimum absolute atomic E-state index is 0.0197. The zero-order chi connectivity index (χ0) is 29.8. The molecule has 0 radical (unpaired) electrons. The van der Waals surface area contributed by atoms with Crippen molar-refractivity contribution in [2.24, 2.45) is 10.9 Å². The van der Waals surface area contributed by atoms with E-state index in [9.17, 15) is 14.0 Å². The van der Waals surface area contributed by atoms with Crippen LogP contribution < -0.4 is 15.0 Å². The molecule has 9 nitrogen and oxygen atoms in total. The van der Waals surface area contributed by atoms with Crippen LogP contribution in [0, 0.1) is 11.7 Å². The van der Waals surface area contributed by atoms with E-state index in [1.165, 1.54) is 43.5 Å². The first kappa shape index (κ1) is 29.7. The predicted molar refractivity (Wildman–Crippen MR) is 164 cm³/mol. The number of hydrogen-bond donors (Lipinski definition) is 1. The molecule has 2 saturated heterocycles. The second kappa shape index (κ2) is 13.5. The summed E-state index contributed by atoms with van der Waals surface area (Å²) in [7, 11) is 0. The van der Waals surface area contributed by atoms with Crippen molar-refractivity contribution in [1.29, 1.82) is 0 Å². The summed E-state index contributed by atoms with van der Waals surface area (Å²) in [6, 6.07) is 7.80. The molecule has 230 valence electrons. The Hall–Kier alpha value is -3.37. The number of fused-ring (bicyclic) bond motifs is 1. The van der Waals surface area contributed by atoms with Crippen molar-refractivity contribution >= 4 is 23.3 Å². The molecule has 43 heavy (non-hydrogen) atoms.